The number of amides is 1. The Bertz CT molecular complexity index is 424. The van der Waals surface area contributed by atoms with E-state index in [0.717, 1.165) is 22.9 Å². The van der Waals surface area contributed by atoms with Crippen LogP contribution in [-0.2, 0) is 11.2 Å². The summed E-state index contributed by atoms with van der Waals surface area (Å²) in [4.78, 5) is 11.6. The molecule has 1 amide bonds. The molecule has 19 heavy (non-hydrogen) atoms. The Morgan fingerprint density at radius 1 is 1.53 bits per heavy atom. The van der Waals surface area contributed by atoms with Gasteiger partial charge in [-0.15, -0.1) is 0 Å². The molecule has 1 unspecified atom stereocenters. The van der Waals surface area contributed by atoms with E-state index in [1.165, 1.54) is 0 Å². The largest absolute Gasteiger partial charge is 0.483 e. The smallest absolute Gasteiger partial charge is 0.258 e. The van der Waals surface area contributed by atoms with E-state index < -0.39 is 0 Å². The van der Waals surface area contributed by atoms with Gasteiger partial charge in [0.25, 0.3) is 5.91 Å². The van der Waals surface area contributed by atoms with E-state index in [9.17, 15) is 4.79 Å². The van der Waals surface area contributed by atoms with Crippen LogP contribution in [0.15, 0.2) is 22.7 Å². The number of carbonyl (C=O) groups excluding carboxylic acids is 1. The lowest BCUT2D eigenvalue weighted by molar-refractivity contribution is -0.123. The summed E-state index contributed by atoms with van der Waals surface area (Å²) in [7, 11) is 0. The second kappa shape index (κ2) is 8.17. The van der Waals surface area contributed by atoms with Gasteiger partial charge in [-0.25, -0.2) is 0 Å². The van der Waals surface area contributed by atoms with Crippen LogP contribution in [0.25, 0.3) is 0 Å². The van der Waals surface area contributed by atoms with Crippen LogP contribution in [0, 0.1) is 0 Å². The van der Waals surface area contributed by atoms with Crippen molar-refractivity contribution in [3.05, 3.63) is 28.2 Å². The van der Waals surface area contributed by atoms with Gasteiger partial charge in [0.1, 0.15) is 5.75 Å². The molecule has 0 bridgehead atoms. The van der Waals surface area contributed by atoms with Crippen LogP contribution in [0.3, 0.4) is 0 Å². The van der Waals surface area contributed by atoms with E-state index >= 15 is 0 Å². The molecule has 0 fully saturated rings. The fourth-order valence-corrected chi connectivity index (χ4v) is 2.09. The summed E-state index contributed by atoms with van der Waals surface area (Å²) >= 11 is 3.43. The lowest BCUT2D eigenvalue weighted by Crippen LogP contribution is -2.35. The topological polar surface area (TPSA) is 64.3 Å². The Morgan fingerprint density at radius 2 is 2.26 bits per heavy atom. The summed E-state index contributed by atoms with van der Waals surface area (Å²) in [6, 6.07) is 5.95. The van der Waals surface area contributed by atoms with Gasteiger partial charge in [0, 0.05) is 6.04 Å². The summed E-state index contributed by atoms with van der Waals surface area (Å²) in [5.41, 5.74) is 6.65. The molecule has 0 aromatic heterocycles. The quantitative estimate of drug-likeness (QED) is 0.806. The second-order valence-electron chi connectivity index (χ2n) is 4.47. The molecule has 0 saturated heterocycles. The van der Waals surface area contributed by atoms with E-state index in [1.807, 2.05) is 32.0 Å². The number of nitrogens with two attached hydrogens (primary N) is 1. The van der Waals surface area contributed by atoms with Crippen LogP contribution in [-0.4, -0.2) is 25.1 Å². The van der Waals surface area contributed by atoms with Crippen molar-refractivity contribution in [2.45, 2.75) is 32.7 Å². The minimum atomic E-state index is -0.104. The van der Waals surface area contributed by atoms with Gasteiger partial charge in [-0.3, -0.25) is 4.79 Å². The fraction of sp³-hybridized carbons (Fsp3) is 0.500. The van der Waals surface area contributed by atoms with Crippen LogP contribution >= 0.6 is 15.9 Å². The molecular weight excluding hydrogens is 308 g/mol. The molecule has 1 aromatic carbocycles. The Labute approximate surface area is 122 Å². The lowest BCUT2D eigenvalue weighted by atomic mass is 10.1. The van der Waals surface area contributed by atoms with Gasteiger partial charge >= 0.3 is 0 Å². The zero-order valence-electron chi connectivity index (χ0n) is 11.4. The van der Waals surface area contributed by atoms with Gasteiger partial charge in [0.2, 0.25) is 0 Å². The van der Waals surface area contributed by atoms with Gasteiger partial charge in [-0.05, 0) is 59.9 Å². The van der Waals surface area contributed by atoms with Crippen molar-refractivity contribution < 1.29 is 9.53 Å². The third-order valence-corrected chi connectivity index (χ3v) is 3.43. The lowest BCUT2D eigenvalue weighted by Gasteiger charge is -2.13. The number of hydrogen-bond donors (Lipinski definition) is 2. The minimum Gasteiger partial charge on any atom is -0.483 e. The first-order valence-electron chi connectivity index (χ1n) is 6.47. The number of nitrogens with one attached hydrogen (secondary N) is 1. The Morgan fingerprint density at radius 3 is 2.84 bits per heavy atom. The molecule has 0 heterocycles. The van der Waals surface area contributed by atoms with E-state index in [4.69, 9.17) is 10.5 Å². The van der Waals surface area contributed by atoms with Crippen LogP contribution in [0.5, 0.6) is 5.75 Å². The molecule has 0 spiro atoms. The van der Waals surface area contributed by atoms with Crippen LogP contribution in [0.2, 0.25) is 0 Å². The Hall–Kier alpha value is -1.07. The Kier molecular flexibility index (Phi) is 6.87. The number of hydrogen-bond acceptors (Lipinski definition) is 3. The van der Waals surface area contributed by atoms with Crippen molar-refractivity contribution in [3.63, 3.8) is 0 Å². The maximum Gasteiger partial charge on any atom is 0.258 e. The molecule has 0 saturated carbocycles. The van der Waals surface area contributed by atoms with Crippen LogP contribution < -0.4 is 15.8 Å². The molecule has 0 radical (unpaired) electrons. The molecule has 1 aromatic rings. The highest BCUT2D eigenvalue weighted by atomic mass is 79.9. The minimum absolute atomic E-state index is 0.0270. The number of halogens is 1. The number of ether oxygens (including phenoxy) is 1. The van der Waals surface area contributed by atoms with Crippen molar-refractivity contribution in [2.24, 2.45) is 5.73 Å². The predicted molar refractivity (Wildman–Crippen MR) is 80.3 cm³/mol. The molecule has 0 aliphatic carbocycles. The summed E-state index contributed by atoms with van der Waals surface area (Å²) < 4.78 is 6.33. The van der Waals surface area contributed by atoms with Crippen LogP contribution in [0.1, 0.15) is 25.8 Å². The first-order valence-corrected chi connectivity index (χ1v) is 7.26. The highest BCUT2D eigenvalue weighted by Crippen LogP contribution is 2.26. The van der Waals surface area contributed by atoms with Gasteiger partial charge in [-0.1, -0.05) is 13.0 Å². The molecule has 4 nitrogen and oxygen atoms in total. The molecular formula is C14H21BrN2O2. The molecule has 0 aliphatic rings. The van der Waals surface area contributed by atoms with Crippen molar-refractivity contribution in [2.75, 3.05) is 13.2 Å². The average Bonchev–Trinajstić information content (AvgIpc) is 2.38. The van der Waals surface area contributed by atoms with Crippen molar-refractivity contribution in [3.8, 4) is 5.75 Å². The summed E-state index contributed by atoms with van der Waals surface area (Å²) in [5.74, 6) is 0.562. The van der Waals surface area contributed by atoms with Gasteiger partial charge in [-0.2, -0.15) is 0 Å². The summed E-state index contributed by atoms with van der Waals surface area (Å²) in [6.07, 6.45) is 1.73. The maximum absolute atomic E-state index is 11.6. The van der Waals surface area contributed by atoms with Gasteiger partial charge in [0.05, 0.1) is 4.47 Å². The normalized spacial score (nSPS) is 12.0. The van der Waals surface area contributed by atoms with Crippen molar-refractivity contribution in [1.82, 2.24) is 5.32 Å². The average molecular weight is 329 g/mol. The summed E-state index contributed by atoms with van der Waals surface area (Å²) in [5, 5.41) is 2.86. The molecule has 5 heteroatoms. The third kappa shape index (κ3) is 5.61. The van der Waals surface area contributed by atoms with Gasteiger partial charge in [0.15, 0.2) is 6.61 Å². The molecule has 1 atom stereocenters. The van der Waals surface area contributed by atoms with Crippen LogP contribution in [0.4, 0.5) is 0 Å². The molecule has 0 aliphatic heterocycles. The standard InChI is InChI=1S/C14H21BrN2O2/c1-3-10(2)17-14(18)9-19-13-5-4-11(6-7-16)8-12(13)15/h4-5,8,10H,3,6-7,9,16H2,1-2H3,(H,17,18). The first kappa shape index (κ1) is 16.0. The summed E-state index contributed by atoms with van der Waals surface area (Å²) in [6.45, 7) is 4.64. The van der Waals surface area contributed by atoms with Crippen molar-refractivity contribution in [1.29, 1.82) is 0 Å². The van der Waals surface area contributed by atoms with E-state index in [1.54, 1.807) is 0 Å². The number of rotatable bonds is 7. The number of benzene rings is 1. The third-order valence-electron chi connectivity index (χ3n) is 2.81. The van der Waals surface area contributed by atoms with E-state index in [0.29, 0.717) is 12.3 Å². The van der Waals surface area contributed by atoms with Gasteiger partial charge < -0.3 is 15.8 Å². The highest BCUT2D eigenvalue weighted by Gasteiger charge is 2.08. The highest BCUT2D eigenvalue weighted by molar-refractivity contribution is 9.10. The number of carbonyl (C=O) groups is 1. The zero-order chi connectivity index (χ0) is 14.3. The van der Waals surface area contributed by atoms with E-state index in [2.05, 4.69) is 21.2 Å². The maximum atomic E-state index is 11.6. The molecule has 3 N–H and O–H groups in total. The van der Waals surface area contributed by atoms with E-state index in [-0.39, 0.29) is 18.6 Å². The predicted octanol–water partition coefficient (Wildman–Crippen LogP) is 2.24. The Balaban J connectivity index is 2.51. The molecule has 1 rings (SSSR count). The first-order chi connectivity index (χ1) is 9.06. The second-order valence-corrected chi connectivity index (χ2v) is 5.32. The SMILES string of the molecule is CCC(C)NC(=O)COc1ccc(CCN)cc1Br. The molecule has 106 valence electrons. The van der Waals surface area contributed by atoms with Crippen molar-refractivity contribution >= 4 is 21.8 Å². The zero-order valence-corrected chi connectivity index (χ0v) is 13.0. The fourth-order valence-electron chi connectivity index (χ4n) is 1.55. The monoisotopic (exact) mass is 328 g/mol.